The summed E-state index contributed by atoms with van der Waals surface area (Å²) in [5.74, 6) is -3.74. The Hall–Kier alpha value is -1.23. The molecule has 1 heterocycles. The van der Waals surface area contributed by atoms with Crippen molar-refractivity contribution in [2.45, 2.75) is 31.6 Å². The Labute approximate surface area is 109 Å². The zero-order valence-electron chi connectivity index (χ0n) is 9.63. The maximum absolute atomic E-state index is 13.2. The van der Waals surface area contributed by atoms with Crippen LogP contribution in [0.15, 0.2) is 18.3 Å². The minimum atomic E-state index is -2.73. The monoisotopic (exact) mass is 274 g/mol. The highest BCUT2D eigenvalue weighted by Crippen LogP contribution is 2.37. The summed E-state index contributed by atoms with van der Waals surface area (Å²) in [6.07, 6.45) is 1.82. The minimum absolute atomic E-state index is 0.127. The van der Waals surface area contributed by atoms with E-state index in [1.165, 1.54) is 12.3 Å². The fourth-order valence-electron chi connectivity index (χ4n) is 2.12. The van der Waals surface area contributed by atoms with E-state index in [0.717, 1.165) is 0 Å². The Kier molecular flexibility index (Phi) is 3.80. The molecule has 1 unspecified atom stereocenters. The van der Waals surface area contributed by atoms with E-state index in [-0.39, 0.29) is 23.9 Å². The van der Waals surface area contributed by atoms with E-state index in [0.29, 0.717) is 18.5 Å². The summed E-state index contributed by atoms with van der Waals surface area (Å²) >= 11 is 5.68. The molecule has 1 N–H and O–H groups in total. The maximum atomic E-state index is 13.2. The van der Waals surface area contributed by atoms with E-state index in [1.54, 1.807) is 6.07 Å². The van der Waals surface area contributed by atoms with Crippen molar-refractivity contribution >= 4 is 23.2 Å². The summed E-state index contributed by atoms with van der Waals surface area (Å²) in [5.41, 5.74) is 0.480. The van der Waals surface area contributed by atoms with Crippen molar-refractivity contribution in [1.29, 1.82) is 0 Å². The van der Waals surface area contributed by atoms with Gasteiger partial charge in [0.25, 0.3) is 0 Å². The molecule has 1 amide bonds. The maximum Gasteiger partial charge on any atom is 0.248 e. The smallest absolute Gasteiger partial charge is 0.248 e. The van der Waals surface area contributed by atoms with Crippen LogP contribution in [0, 0.1) is 5.92 Å². The van der Waals surface area contributed by atoms with Crippen LogP contribution in [0.2, 0.25) is 5.15 Å². The first-order valence-electron chi connectivity index (χ1n) is 5.76. The van der Waals surface area contributed by atoms with Gasteiger partial charge in [-0.15, -0.1) is 0 Å². The Morgan fingerprint density at radius 3 is 3.00 bits per heavy atom. The highest BCUT2D eigenvalue weighted by Gasteiger charge is 2.39. The van der Waals surface area contributed by atoms with Gasteiger partial charge >= 0.3 is 0 Å². The summed E-state index contributed by atoms with van der Waals surface area (Å²) in [7, 11) is 0. The van der Waals surface area contributed by atoms with Gasteiger partial charge in [0.15, 0.2) is 0 Å². The molecule has 0 bridgehead atoms. The largest absolute Gasteiger partial charge is 0.326 e. The van der Waals surface area contributed by atoms with E-state index in [4.69, 9.17) is 11.6 Å². The molecular weight excluding hydrogens is 262 g/mol. The van der Waals surface area contributed by atoms with Crippen LogP contribution in [0.25, 0.3) is 0 Å². The number of halogens is 3. The van der Waals surface area contributed by atoms with Crippen LogP contribution in [0.3, 0.4) is 0 Å². The van der Waals surface area contributed by atoms with Crippen molar-refractivity contribution in [3.8, 4) is 0 Å². The number of nitrogens with one attached hydrogen (secondary N) is 1. The highest BCUT2D eigenvalue weighted by atomic mass is 35.5. The topological polar surface area (TPSA) is 42.0 Å². The van der Waals surface area contributed by atoms with Crippen LogP contribution in [-0.2, 0) is 4.79 Å². The predicted octanol–water partition coefficient (Wildman–Crippen LogP) is 3.50. The number of anilines is 1. The molecule has 18 heavy (non-hydrogen) atoms. The van der Waals surface area contributed by atoms with Crippen molar-refractivity contribution in [1.82, 2.24) is 4.98 Å². The van der Waals surface area contributed by atoms with Gasteiger partial charge in [0.2, 0.25) is 11.8 Å². The molecule has 0 aromatic carbocycles. The molecule has 1 aromatic heterocycles. The van der Waals surface area contributed by atoms with Gasteiger partial charge in [-0.2, -0.15) is 0 Å². The number of alkyl halides is 2. The van der Waals surface area contributed by atoms with Gasteiger partial charge in [-0.25, -0.2) is 13.8 Å². The first kappa shape index (κ1) is 13.2. The zero-order chi connectivity index (χ0) is 13.2. The Morgan fingerprint density at radius 1 is 1.56 bits per heavy atom. The summed E-state index contributed by atoms with van der Waals surface area (Å²) in [6.45, 7) is 0. The van der Waals surface area contributed by atoms with Crippen LogP contribution in [0.5, 0.6) is 0 Å². The molecule has 2 rings (SSSR count). The highest BCUT2D eigenvalue weighted by molar-refractivity contribution is 6.29. The van der Waals surface area contributed by atoms with Crippen LogP contribution >= 0.6 is 11.6 Å². The van der Waals surface area contributed by atoms with E-state index in [2.05, 4.69) is 10.3 Å². The van der Waals surface area contributed by atoms with Crippen molar-refractivity contribution < 1.29 is 13.6 Å². The van der Waals surface area contributed by atoms with E-state index in [9.17, 15) is 13.6 Å². The van der Waals surface area contributed by atoms with Crippen LogP contribution in [0.1, 0.15) is 25.7 Å². The molecule has 1 saturated carbocycles. The van der Waals surface area contributed by atoms with Crippen molar-refractivity contribution in [3.05, 3.63) is 23.5 Å². The average Bonchev–Trinajstić information content (AvgIpc) is 2.27. The molecule has 1 fully saturated rings. The standard InChI is InChI=1S/C12H13ClF2N2O/c13-10-6-9(3-5-16-10)17-11(18)8-2-1-4-12(14,15)7-8/h3,5-6,8H,1-2,4,7H2,(H,16,17,18). The van der Waals surface area contributed by atoms with Crippen LogP contribution in [0.4, 0.5) is 14.5 Å². The number of carbonyl (C=O) groups is 1. The molecular formula is C12H13ClF2N2O. The molecule has 0 aliphatic heterocycles. The minimum Gasteiger partial charge on any atom is -0.326 e. The van der Waals surface area contributed by atoms with E-state index in [1.807, 2.05) is 0 Å². The zero-order valence-corrected chi connectivity index (χ0v) is 10.4. The number of aromatic nitrogens is 1. The van der Waals surface area contributed by atoms with Gasteiger partial charge < -0.3 is 5.32 Å². The lowest BCUT2D eigenvalue weighted by Gasteiger charge is -2.27. The molecule has 1 aliphatic rings. The SMILES string of the molecule is O=C(Nc1ccnc(Cl)c1)C1CCCC(F)(F)C1. The normalized spacial score (nSPS) is 22.5. The summed E-state index contributed by atoms with van der Waals surface area (Å²) < 4.78 is 26.4. The summed E-state index contributed by atoms with van der Waals surface area (Å²) in [5, 5.41) is 2.85. The molecule has 0 saturated heterocycles. The van der Waals surface area contributed by atoms with E-state index < -0.39 is 11.8 Å². The first-order chi connectivity index (χ1) is 8.46. The Morgan fingerprint density at radius 2 is 2.33 bits per heavy atom. The molecule has 0 spiro atoms. The van der Waals surface area contributed by atoms with Crippen molar-refractivity contribution in [3.63, 3.8) is 0 Å². The third kappa shape index (κ3) is 3.38. The quantitative estimate of drug-likeness (QED) is 0.839. The number of carbonyl (C=O) groups excluding carboxylic acids is 1. The second kappa shape index (κ2) is 5.18. The number of hydrogen-bond donors (Lipinski definition) is 1. The number of rotatable bonds is 2. The molecule has 1 aliphatic carbocycles. The van der Waals surface area contributed by atoms with Gasteiger partial charge in [-0.3, -0.25) is 4.79 Å². The number of hydrogen-bond acceptors (Lipinski definition) is 2. The molecule has 0 radical (unpaired) electrons. The van der Waals surface area contributed by atoms with Gasteiger partial charge in [-0.05, 0) is 25.0 Å². The predicted molar refractivity (Wildman–Crippen MR) is 64.8 cm³/mol. The van der Waals surface area contributed by atoms with Crippen LogP contribution in [-0.4, -0.2) is 16.8 Å². The lowest BCUT2D eigenvalue weighted by Crippen LogP contribution is -2.33. The number of amides is 1. The fraction of sp³-hybridized carbons (Fsp3) is 0.500. The van der Waals surface area contributed by atoms with E-state index >= 15 is 0 Å². The van der Waals surface area contributed by atoms with Gasteiger partial charge in [-0.1, -0.05) is 11.6 Å². The first-order valence-corrected chi connectivity index (χ1v) is 6.14. The van der Waals surface area contributed by atoms with Gasteiger partial charge in [0, 0.05) is 30.6 Å². The summed E-state index contributed by atoms with van der Waals surface area (Å²) in [4.78, 5) is 15.6. The van der Waals surface area contributed by atoms with Crippen LogP contribution < -0.4 is 5.32 Å². The molecule has 1 aromatic rings. The second-order valence-electron chi connectivity index (χ2n) is 4.51. The molecule has 6 heteroatoms. The number of pyridine rings is 1. The average molecular weight is 275 g/mol. The van der Waals surface area contributed by atoms with Gasteiger partial charge in [0.05, 0.1) is 0 Å². The molecule has 98 valence electrons. The lowest BCUT2D eigenvalue weighted by atomic mass is 9.86. The van der Waals surface area contributed by atoms with Crippen molar-refractivity contribution in [2.24, 2.45) is 5.92 Å². The Bertz CT molecular complexity index is 453. The molecule has 3 nitrogen and oxygen atoms in total. The fourth-order valence-corrected chi connectivity index (χ4v) is 2.29. The molecule has 1 atom stereocenters. The van der Waals surface area contributed by atoms with Crippen molar-refractivity contribution in [2.75, 3.05) is 5.32 Å². The second-order valence-corrected chi connectivity index (χ2v) is 4.89. The lowest BCUT2D eigenvalue weighted by molar-refractivity contribution is -0.127. The third-order valence-electron chi connectivity index (χ3n) is 3.01. The van der Waals surface area contributed by atoms with Gasteiger partial charge in [0.1, 0.15) is 5.15 Å². The number of nitrogens with zero attached hydrogens (tertiary/aromatic N) is 1. The summed E-state index contributed by atoms with van der Waals surface area (Å²) in [6, 6.07) is 3.06. The third-order valence-corrected chi connectivity index (χ3v) is 3.21. The Balaban J connectivity index is 2.00.